The highest BCUT2D eigenvalue weighted by Crippen LogP contribution is 2.21. The van der Waals surface area contributed by atoms with Crippen LogP contribution < -0.4 is 10.6 Å². The Labute approximate surface area is 147 Å². The van der Waals surface area contributed by atoms with Gasteiger partial charge in [0.1, 0.15) is 0 Å². The molecule has 0 radical (unpaired) electrons. The van der Waals surface area contributed by atoms with Crippen molar-refractivity contribution in [2.75, 3.05) is 7.05 Å². The van der Waals surface area contributed by atoms with Crippen LogP contribution in [-0.4, -0.2) is 19.0 Å². The van der Waals surface area contributed by atoms with E-state index < -0.39 is 0 Å². The Kier molecular flexibility index (Phi) is 7.99. The summed E-state index contributed by atoms with van der Waals surface area (Å²) in [7, 11) is 1.79. The van der Waals surface area contributed by atoms with Crippen LogP contribution in [0, 0.1) is 0 Å². The molecule has 0 aliphatic heterocycles. The first-order valence-electron chi connectivity index (χ1n) is 6.60. The number of aliphatic imine (C=N–C) groups is 1. The van der Waals surface area contributed by atoms with Gasteiger partial charge in [-0.3, -0.25) is 4.99 Å². The Balaban J connectivity index is 0.00000200. The maximum absolute atomic E-state index is 6.14. The molecule has 1 aromatic carbocycles. The van der Waals surface area contributed by atoms with Gasteiger partial charge < -0.3 is 10.6 Å². The van der Waals surface area contributed by atoms with Crippen LogP contribution in [0.25, 0.3) is 0 Å². The number of halogens is 3. The summed E-state index contributed by atoms with van der Waals surface area (Å²) in [6.07, 6.45) is 5.06. The van der Waals surface area contributed by atoms with Gasteiger partial charge in [-0.05, 0) is 30.5 Å². The van der Waals surface area contributed by atoms with E-state index in [4.69, 9.17) is 23.2 Å². The Morgan fingerprint density at radius 3 is 2.60 bits per heavy atom. The Morgan fingerprint density at radius 1 is 1.30 bits per heavy atom. The largest absolute Gasteiger partial charge is 0.354 e. The van der Waals surface area contributed by atoms with Crippen LogP contribution in [0.2, 0.25) is 10.0 Å². The van der Waals surface area contributed by atoms with E-state index in [-0.39, 0.29) is 24.0 Å². The maximum Gasteiger partial charge on any atom is 0.191 e. The number of guanidine groups is 1. The third-order valence-corrected chi connectivity index (χ3v) is 3.97. The third-order valence-electron chi connectivity index (χ3n) is 3.38. The highest BCUT2D eigenvalue weighted by Gasteiger charge is 2.15. The molecule has 1 aliphatic carbocycles. The summed E-state index contributed by atoms with van der Waals surface area (Å²) in [5.41, 5.74) is 1.01. The van der Waals surface area contributed by atoms with E-state index >= 15 is 0 Å². The summed E-state index contributed by atoms with van der Waals surface area (Å²) in [6, 6.07) is 6.08. The molecule has 1 aromatic rings. The molecule has 1 saturated carbocycles. The predicted molar refractivity (Wildman–Crippen MR) is 97.5 cm³/mol. The molecule has 2 rings (SSSR count). The lowest BCUT2D eigenvalue weighted by Crippen LogP contribution is -2.41. The van der Waals surface area contributed by atoms with Gasteiger partial charge in [-0.15, -0.1) is 24.0 Å². The average Bonchev–Trinajstić information content (AvgIpc) is 2.89. The van der Waals surface area contributed by atoms with Crippen molar-refractivity contribution in [3.05, 3.63) is 33.8 Å². The normalized spacial score (nSPS) is 15.8. The minimum Gasteiger partial charge on any atom is -0.354 e. The fourth-order valence-electron chi connectivity index (χ4n) is 2.30. The van der Waals surface area contributed by atoms with Gasteiger partial charge in [0.05, 0.1) is 0 Å². The number of hydrogen-bond acceptors (Lipinski definition) is 1. The van der Waals surface area contributed by atoms with E-state index in [1.54, 1.807) is 13.1 Å². The summed E-state index contributed by atoms with van der Waals surface area (Å²) in [4.78, 5) is 4.24. The van der Waals surface area contributed by atoms with E-state index in [1.807, 2.05) is 12.1 Å². The van der Waals surface area contributed by atoms with Crippen LogP contribution >= 0.6 is 47.2 Å². The monoisotopic (exact) mass is 427 g/mol. The molecule has 0 unspecified atom stereocenters. The number of hydrogen-bond donors (Lipinski definition) is 2. The molecular weight excluding hydrogens is 408 g/mol. The first kappa shape index (κ1) is 17.9. The van der Waals surface area contributed by atoms with Gasteiger partial charge in [-0.25, -0.2) is 0 Å². The quantitative estimate of drug-likeness (QED) is 0.430. The van der Waals surface area contributed by atoms with Gasteiger partial charge in [-0.1, -0.05) is 42.1 Å². The zero-order valence-electron chi connectivity index (χ0n) is 11.5. The minimum atomic E-state index is 0. The second kappa shape index (κ2) is 8.95. The van der Waals surface area contributed by atoms with Crippen LogP contribution in [0.1, 0.15) is 31.2 Å². The molecule has 0 aromatic heterocycles. The molecule has 0 atom stereocenters. The first-order chi connectivity index (χ1) is 9.19. The molecule has 3 nitrogen and oxygen atoms in total. The SMILES string of the molecule is CN=C(NCc1ccc(Cl)cc1Cl)NC1CCCC1.I. The van der Waals surface area contributed by atoms with Gasteiger partial charge in [-0.2, -0.15) is 0 Å². The molecule has 6 heteroatoms. The lowest BCUT2D eigenvalue weighted by molar-refractivity contribution is 0.613. The predicted octanol–water partition coefficient (Wildman–Crippen LogP) is 4.22. The fraction of sp³-hybridized carbons (Fsp3) is 0.500. The van der Waals surface area contributed by atoms with Crippen molar-refractivity contribution in [3.63, 3.8) is 0 Å². The van der Waals surface area contributed by atoms with Gasteiger partial charge in [0, 0.05) is 29.7 Å². The standard InChI is InChI=1S/C14H19Cl2N3.HI/c1-17-14(19-12-4-2-3-5-12)18-9-10-6-7-11(15)8-13(10)16;/h6-8,12H,2-5,9H2,1H3,(H2,17,18,19);1H. The van der Waals surface area contributed by atoms with Crippen molar-refractivity contribution < 1.29 is 0 Å². The molecule has 20 heavy (non-hydrogen) atoms. The topological polar surface area (TPSA) is 36.4 Å². The molecule has 0 spiro atoms. The highest BCUT2D eigenvalue weighted by atomic mass is 127. The summed E-state index contributed by atoms with van der Waals surface area (Å²) in [6.45, 7) is 0.641. The second-order valence-corrected chi connectivity index (χ2v) is 5.63. The number of benzene rings is 1. The van der Waals surface area contributed by atoms with E-state index in [9.17, 15) is 0 Å². The van der Waals surface area contributed by atoms with Crippen molar-refractivity contribution in [1.29, 1.82) is 0 Å². The first-order valence-corrected chi connectivity index (χ1v) is 7.36. The molecule has 1 fully saturated rings. The molecule has 0 bridgehead atoms. The molecular formula is C14H20Cl2IN3. The fourth-order valence-corrected chi connectivity index (χ4v) is 2.78. The smallest absolute Gasteiger partial charge is 0.191 e. The van der Waals surface area contributed by atoms with Gasteiger partial charge in [0.25, 0.3) is 0 Å². The van der Waals surface area contributed by atoms with Gasteiger partial charge in [0.2, 0.25) is 0 Å². The lowest BCUT2D eigenvalue weighted by Gasteiger charge is -2.17. The van der Waals surface area contributed by atoms with E-state index in [0.29, 0.717) is 22.6 Å². The molecule has 0 amide bonds. The van der Waals surface area contributed by atoms with E-state index in [1.165, 1.54) is 25.7 Å². The maximum atomic E-state index is 6.14. The van der Waals surface area contributed by atoms with Crippen molar-refractivity contribution in [2.24, 2.45) is 4.99 Å². The number of nitrogens with zero attached hydrogens (tertiary/aromatic N) is 1. The average molecular weight is 428 g/mol. The molecule has 0 saturated heterocycles. The van der Waals surface area contributed by atoms with Crippen LogP contribution in [0.15, 0.2) is 23.2 Å². The summed E-state index contributed by atoms with van der Waals surface area (Å²) in [5, 5.41) is 8.05. The lowest BCUT2D eigenvalue weighted by atomic mass is 10.2. The van der Waals surface area contributed by atoms with Crippen molar-refractivity contribution >= 4 is 53.1 Å². The van der Waals surface area contributed by atoms with E-state index in [2.05, 4.69) is 15.6 Å². The van der Waals surface area contributed by atoms with Gasteiger partial charge >= 0.3 is 0 Å². The molecule has 2 N–H and O–H groups in total. The Hall–Kier alpha value is -0.200. The number of nitrogens with one attached hydrogen (secondary N) is 2. The van der Waals surface area contributed by atoms with Crippen molar-refractivity contribution in [2.45, 2.75) is 38.3 Å². The second-order valence-electron chi connectivity index (χ2n) is 4.79. The zero-order chi connectivity index (χ0) is 13.7. The van der Waals surface area contributed by atoms with Crippen LogP contribution in [-0.2, 0) is 6.54 Å². The highest BCUT2D eigenvalue weighted by molar-refractivity contribution is 14.0. The zero-order valence-corrected chi connectivity index (χ0v) is 15.3. The number of rotatable bonds is 3. The van der Waals surface area contributed by atoms with Crippen LogP contribution in [0.4, 0.5) is 0 Å². The van der Waals surface area contributed by atoms with Gasteiger partial charge in [0.15, 0.2) is 5.96 Å². The van der Waals surface area contributed by atoms with Crippen molar-refractivity contribution in [1.82, 2.24) is 10.6 Å². The molecule has 112 valence electrons. The Bertz CT molecular complexity index is 460. The minimum absolute atomic E-state index is 0. The molecule has 1 aliphatic rings. The third kappa shape index (κ3) is 5.30. The van der Waals surface area contributed by atoms with E-state index in [0.717, 1.165) is 11.5 Å². The summed E-state index contributed by atoms with van der Waals surface area (Å²) >= 11 is 12.0. The van der Waals surface area contributed by atoms with Crippen molar-refractivity contribution in [3.8, 4) is 0 Å². The van der Waals surface area contributed by atoms with Crippen LogP contribution in [0.3, 0.4) is 0 Å². The summed E-state index contributed by atoms with van der Waals surface area (Å²) < 4.78 is 0. The molecule has 0 heterocycles. The summed E-state index contributed by atoms with van der Waals surface area (Å²) in [5.74, 6) is 0.831. The van der Waals surface area contributed by atoms with Crippen LogP contribution in [0.5, 0.6) is 0 Å². The Morgan fingerprint density at radius 2 is 2.00 bits per heavy atom.